The van der Waals surface area contributed by atoms with Crippen LogP contribution in [0.2, 0.25) is 0 Å². The van der Waals surface area contributed by atoms with Crippen LogP contribution in [0.3, 0.4) is 0 Å². The normalized spacial score (nSPS) is 11.3. The number of hydrogen-bond donors (Lipinski definition) is 0. The molecule has 542 valence electrons. The average Bonchev–Trinajstić information content (AvgIpc) is 0.735. The van der Waals surface area contributed by atoms with Gasteiger partial charge in [0.15, 0.2) is 17.5 Å². The summed E-state index contributed by atoms with van der Waals surface area (Å²) in [5.41, 5.74) is 29.6. The summed E-state index contributed by atoms with van der Waals surface area (Å²) in [6, 6.07) is 148. The van der Waals surface area contributed by atoms with E-state index in [4.69, 9.17) is 39.9 Å². The maximum atomic E-state index is 5.34. The lowest BCUT2D eigenvalue weighted by molar-refractivity contribution is 1.07. The minimum atomic E-state index is 0.626. The molecule has 0 fully saturated rings. The van der Waals surface area contributed by atoms with Crippen molar-refractivity contribution >= 4 is 54.4 Å². The van der Waals surface area contributed by atoms with Gasteiger partial charge in [0.25, 0.3) is 0 Å². The second-order valence-corrected chi connectivity index (χ2v) is 28.9. The number of rotatable bonds is 14. The minimum absolute atomic E-state index is 0.626. The molecule has 6 heterocycles. The van der Waals surface area contributed by atoms with Crippen LogP contribution < -0.4 is 0 Å². The molecule has 15 aromatic carbocycles. The van der Waals surface area contributed by atoms with Gasteiger partial charge in [-0.25, -0.2) is 39.9 Å². The van der Waals surface area contributed by atoms with Crippen LogP contribution in [0.25, 0.3) is 212 Å². The fourth-order valence-electron chi connectivity index (χ4n) is 15.7. The van der Waals surface area contributed by atoms with Gasteiger partial charge in [-0.1, -0.05) is 376 Å². The predicted molar refractivity (Wildman–Crippen MR) is 479 cm³/mol. The van der Waals surface area contributed by atoms with Crippen LogP contribution in [-0.2, 0) is 0 Å². The molecule has 0 unspecified atom stereocenters. The molecule has 0 aliphatic carbocycles. The molecule has 0 atom stereocenters. The zero-order valence-electron chi connectivity index (χ0n) is 63.0. The van der Waals surface area contributed by atoms with E-state index in [1.54, 1.807) is 0 Å². The van der Waals surface area contributed by atoms with Crippen LogP contribution in [0.15, 0.2) is 425 Å². The molecule has 21 aromatic rings. The zero-order valence-corrected chi connectivity index (χ0v) is 63.0. The van der Waals surface area contributed by atoms with Gasteiger partial charge < -0.3 is 0 Å². The van der Waals surface area contributed by atoms with Crippen LogP contribution in [0.5, 0.6) is 0 Å². The molecule has 0 amide bonds. The largest absolute Gasteiger partial charge is 0.248 e. The van der Waals surface area contributed by atoms with E-state index in [1.807, 2.05) is 78.9 Å². The monoisotopic (exact) mass is 1480 g/mol. The van der Waals surface area contributed by atoms with Gasteiger partial charge in [0, 0.05) is 71.6 Å². The predicted octanol–water partition coefficient (Wildman–Crippen LogP) is 27.6. The first-order valence-corrected chi connectivity index (χ1v) is 39.0. The van der Waals surface area contributed by atoms with Crippen LogP contribution in [0.4, 0.5) is 0 Å². The molecule has 0 bridgehead atoms. The Labute approximate surface area is 671 Å². The van der Waals surface area contributed by atoms with Crippen molar-refractivity contribution in [2.45, 2.75) is 0 Å². The standard InChI is InChI=1S/C55H35N5.C53H35N3/c1-4-15-38(16-5-1)50-35-48(46-25-13-21-37-14-10-11-24-45(37)46)47-32-30-40-31-33-49(56-51(40)52(47)57-50)39-28-26-36(27-29-39)43-22-12-23-44(34-43)55-59-53(41-17-6-2-7-18-41)58-54(60-55)42-19-8-3-9-20-42;1-5-14-36(15-6-1)45-33-49(39-18-9-3-10-19-39)54-50(34-45)41-26-24-37(25-27-41)43-22-13-23-44(32-43)48-31-29-42-28-30-46-47(38-16-7-2-8-17-38)35-51(40-20-11-4-12-21-40)56-53(46)52(42)55-48/h1-35H;1-35H. The summed E-state index contributed by atoms with van der Waals surface area (Å²) in [6.45, 7) is 0. The molecular weight excluding hydrogens is 1410 g/mol. The highest BCUT2D eigenvalue weighted by Gasteiger charge is 2.20. The highest BCUT2D eigenvalue weighted by atomic mass is 15.0. The summed E-state index contributed by atoms with van der Waals surface area (Å²) in [7, 11) is 0. The number of nitrogens with zero attached hydrogens (tertiary/aromatic N) is 8. The SMILES string of the molecule is c1ccc(-c2cc(-c3cccc4ccccc34)c3ccc4ccc(-c5ccc(-c6cccc(-c7nc(-c8ccccc8)nc(-c8ccccc8)n7)c6)cc5)nc4c3n2)cc1.c1ccc(-c2cc(-c3ccccc3)nc(-c3ccc(-c4cccc(-c5ccc6ccc7c(-c8ccccc8)cc(-c8ccccc8)nc7c6n5)c4)cc3)c2)cc1. The minimum Gasteiger partial charge on any atom is -0.248 e. The van der Waals surface area contributed by atoms with E-state index in [0.29, 0.717) is 17.5 Å². The van der Waals surface area contributed by atoms with E-state index >= 15 is 0 Å². The van der Waals surface area contributed by atoms with Crippen molar-refractivity contribution in [1.29, 1.82) is 0 Å². The number of fused-ring (bicyclic) bond motifs is 7. The maximum Gasteiger partial charge on any atom is 0.164 e. The zero-order chi connectivity index (χ0) is 77.1. The van der Waals surface area contributed by atoms with Gasteiger partial charge in [-0.05, 0) is 115 Å². The molecule has 0 saturated heterocycles. The number of benzene rings is 15. The summed E-state index contributed by atoms with van der Waals surface area (Å²) < 4.78 is 0. The van der Waals surface area contributed by atoms with Crippen molar-refractivity contribution in [3.05, 3.63) is 425 Å². The van der Waals surface area contributed by atoms with Crippen molar-refractivity contribution in [2.24, 2.45) is 0 Å². The highest BCUT2D eigenvalue weighted by Crippen LogP contribution is 2.42. The van der Waals surface area contributed by atoms with Crippen molar-refractivity contribution in [1.82, 2.24) is 39.9 Å². The lowest BCUT2D eigenvalue weighted by atomic mass is 9.93. The summed E-state index contributed by atoms with van der Waals surface area (Å²) in [5, 5.41) is 6.68. The Morgan fingerprint density at radius 3 is 0.948 bits per heavy atom. The molecule has 0 spiro atoms. The Balaban J connectivity index is 0.000000150. The third-order valence-electron chi connectivity index (χ3n) is 21.6. The van der Waals surface area contributed by atoms with E-state index in [2.05, 4.69) is 346 Å². The van der Waals surface area contributed by atoms with Gasteiger partial charge in [-0.2, -0.15) is 0 Å². The van der Waals surface area contributed by atoms with Crippen LogP contribution in [0.1, 0.15) is 0 Å². The van der Waals surface area contributed by atoms with Gasteiger partial charge in [-0.3, -0.25) is 0 Å². The Bertz CT molecular complexity index is 7080. The highest BCUT2D eigenvalue weighted by molar-refractivity contribution is 6.13. The fourth-order valence-corrected chi connectivity index (χ4v) is 15.7. The van der Waals surface area contributed by atoms with Gasteiger partial charge in [0.05, 0.1) is 56.2 Å². The Morgan fingerprint density at radius 2 is 0.440 bits per heavy atom. The van der Waals surface area contributed by atoms with Crippen molar-refractivity contribution < 1.29 is 0 Å². The van der Waals surface area contributed by atoms with Crippen molar-refractivity contribution in [2.75, 3.05) is 0 Å². The summed E-state index contributed by atoms with van der Waals surface area (Å²) in [4.78, 5) is 41.2. The van der Waals surface area contributed by atoms with Gasteiger partial charge >= 0.3 is 0 Å². The summed E-state index contributed by atoms with van der Waals surface area (Å²) in [5.74, 6) is 1.91. The lowest BCUT2D eigenvalue weighted by Gasteiger charge is -2.14. The van der Waals surface area contributed by atoms with E-state index in [1.165, 1.54) is 21.9 Å². The second kappa shape index (κ2) is 30.9. The summed E-state index contributed by atoms with van der Waals surface area (Å²) >= 11 is 0. The molecule has 21 rings (SSSR count). The fraction of sp³-hybridized carbons (Fsp3) is 0. The van der Waals surface area contributed by atoms with E-state index in [9.17, 15) is 0 Å². The van der Waals surface area contributed by atoms with E-state index in [-0.39, 0.29) is 0 Å². The smallest absolute Gasteiger partial charge is 0.164 e. The molecule has 6 aromatic heterocycles. The average molecular weight is 1480 g/mol. The first-order valence-electron chi connectivity index (χ1n) is 39.0. The van der Waals surface area contributed by atoms with Crippen LogP contribution >= 0.6 is 0 Å². The molecule has 0 radical (unpaired) electrons. The van der Waals surface area contributed by atoms with Gasteiger partial charge in [-0.15, -0.1) is 0 Å². The first-order chi connectivity index (χ1) is 57.4. The van der Waals surface area contributed by atoms with Crippen molar-refractivity contribution in [3.8, 4) is 157 Å². The topological polar surface area (TPSA) is 103 Å². The Kier molecular flexibility index (Phi) is 18.5. The van der Waals surface area contributed by atoms with Gasteiger partial charge in [0.1, 0.15) is 0 Å². The molecule has 116 heavy (non-hydrogen) atoms. The van der Waals surface area contributed by atoms with E-state index < -0.39 is 0 Å². The molecule has 8 nitrogen and oxygen atoms in total. The van der Waals surface area contributed by atoms with Crippen LogP contribution in [0, 0.1) is 0 Å². The van der Waals surface area contributed by atoms with Crippen LogP contribution in [-0.4, -0.2) is 39.9 Å². The number of pyridine rings is 5. The lowest BCUT2D eigenvalue weighted by Crippen LogP contribution is -2.00. The molecule has 0 N–H and O–H groups in total. The molecule has 0 aliphatic heterocycles. The first kappa shape index (κ1) is 69.5. The molecule has 0 saturated carbocycles. The molecule has 8 heteroatoms. The Hall–Kier alpha value is -15.6. The second-order valence-electron chi connectivity index (χ2n) is 28.9. The molecular formula is C108H70N8. The molecule has 0 aliphatic rings. The number of aromatic nitrogens is 8. The quantitative estimate of drug-likeness (QED) is 0.0992. The maximum absolute atomic E-state index is 5.34. The third kappa shape index (κ3) is 14.1. The summed E-state index contributed by atoms with van der Waals surface area (Å²) in [6.07, 6.45) is 0. The van der Waals surface area contributed by atoms with Crippen molar-refractivity contribution in [3.63, 3.8) is 0 Å². The Morgan fingerprint density at radius 1 is 0.121 bits per heavy atom. The van der Waals surface area contributed by atoms with E-state index in [0.717, 1.165) is 172 Å². The third-order valence-corrected chi connectivity index (χ3v) is 21.6. The van der Waals surface area contributed by atoms with Gasteiger partial charge in [0.2, 0.25) is 0 Å². The number of hydrogen-bond acceptors (Lipinski definition) is 8.